The highest BCUT2D eigenvalue weighted by molar-refractivity contribution is 9.10. The second-order valence-electron chi connectivity index (χ2n) is 4.89. The van der Waals surface area contributed by atoms with Crippen LogP contribution in [0.2, 0.25) is 5.15 Å². The Kier molecular flexibility index (Phi) is 3.19. The van der Waals surface area contributed by atoms with Gasteiger partial charge in [-0.3, -0.25) is 0 Å². The Labute approximate surface area is 124 Å². The summed E-state index contributed by atoms with van der Waals surface area (Å²) in [7, 11) is 0. The highest BCUT2D eigenvalue weighted by Crippen LogP contribution is 2.38. The van der Waals surface area contributed by atoms with Crippen LogP contribution in [0.15, 0.2) is 40.9 Å². The van der Waals surface area contributed by atoms with Crippen molar-refractivity contribution in [3.63, 3.8) is 0 Å². The summed E-state index contributed by atoms with van der Waals surface area (Å²) in [6.07, 6.45) is 2.39. The van der Waals surface area contributed by atoms with E-state index in [2.05, 4.69) is 33.0 Å². The van der Waals surface area contributed by atoms with Gasteiger partial charge in [0, 0.05) is 4.47 Å². The first-order valence-corrected chi connectivity index (χ1v) is 7.17. The predicted molar refractivity (Wildman–Crippen MR) is 78.5 cm³/mol. The summed E-state index contributed by atoms with van der Waals surface area (Å²) < 4.78 is 0.847. The van der Waals surface area contributed by atoms with Crippen LogP contribution in [0.4, 0.5) is 0 Å². The number of benzene rings is 1. The summed E-state index contributed by atoms with van der Waals surface area (Å²) in [6, 6.07) is 11.8. The van der Waals surface area contributed by atoms with E-state index in [1.807, 2.05) is 18.2 Å². The molecule has 0 spiro atoms. The number of fused-ring (bicyclic) bond motifs is 1. The molecule has 0 saturated heterocycles. The van der Waals surface area contributed by atoms with Gasteiger partial charge in [0.05, 0.1) is 11.1 Å². The molecular formula is C15H11BrClNO. The zero-order valence-electron chi connectivity index (χ0n) is 10.1. The minimum absolute atomic E-state index is 0.404. The number of aldehydes is 1. The van der Waals surface area contributed by atoms with E-state index < -0.39 is 5.41 Å². The van der Waals surface area contributed by atoms with Crippen LogP contribution in [-0.4, -0.2) is 11.3 Å². The van der Waals surface area contributed by atoms with E-state index in [-0.39, 0.29) is 0 Å². The van der Waals surface area contributed by atoms with Crippen molar-refractivity contribution in [3.05, 3.63) is 62.8 Å². The van der Waals surface area contributed by atoms with Crippen LogP contribution in [0.3, 0.4) is 0 Å². The molecule has 1 aromatic carbocycles. The highest BCUT2D eigenvalue weighted by atomic mass is 79.9. The quantitative estimate of drug-likeness (QED) is 0.618. The first-order chi connectivity index (χ1) is 9.13. The molecule has 1 aliphatic rings. The summed E-state index contributed by atoms with van der Waals surface area (Å²) in [6.45, 7) is 0. The molecule has 0 N–H and O–H groups in total. The molecule has 0 saturated carbocycles. The predicted octanol–water partition coefficient (Wildman–Crippen LogP) is 3.73. The fourth-order valence-electron chi connectivity index (χ4n) is 2.69. The van der Waals surface area contributed by atoms with Crippen LogP contribution in [-0.2, 0) is 23.1 Å². The Bertz CT molecular complexity index is 611. The van der Waals surface area contributed by atoms with Crippen LogP contribution in [0.5, 0.6) is 0 Å². The average Bonchev–Trinajstić information content (AvgIpc) is 2.77. The van der Waals surface area contributed by atoms with Gasteiger partial charge in [0.1, 0.15) is 11.4 Å². The minimum Gasteiger partial charge on any atom is -0.302 e. The fourth-order valence-corrected chi connectivity index (χ4v) is 3.46. The van der Waals surface area contributed by atoms with Gasteiger partial charge < -0.3 is 4.79 Å². The van der Waals surface area contributed by atoms with E-state index in [1.54, 1.807) is 6.07 Å². The fraction of sp³-hybridized carbons (Fsp3) is 0.200. The number of rotatable bonds is 2. The van der Waals surface area contributed by atoms with Crippen LogP contribution >= 0.6 is 27.5 Å². The van der Waals surface area contributed by atoms with Crippen molar-refractivity contribution < 1.29 is 4.79 Å². The first kappa shape index (κ1) is 12.8. The Morgan fingerprint density at radius 3 is 2.37 bits per heavy atom. The van der Waals surface area contributed by atoms with Gasteiger partial charge >= 0.3 is 0 Å². The second-order valence-corrected chi connectivity index (χ2v) is 6.19. The van der Waals surface area contributed by atoms with Gasteiger partial charge in [0.15, 0.2) is 0 Å². The van der Waals surface area contributed by atoms with Crippen LogP contribution in [0.25, 0.3) is 0 Å². The van der Waals surface area contributed by atoms with Crippen molar-refractivity contribution in [2.24, 2.45) is 0 Å². The molecule has 2 nitrogen and oxygen atoms in total. The van der Waals surface area contributed by atoms with Gasteiger partial charge in [-0.1, -0.05) is 51.8 Å². The number of pyridine rings is 1. The van der Waals surface area contributed by atoms with Gasteiger partial charge in [-0.05, 0) is 36.1 Å². The Balaban J connectivity index is 2.10. The first-order valence-electron chi connectivity index (χ1n) is 6.00. The number of nitrogens with zero attached hydrogens (tertiary/aromatic N) is 1. The SMILES string of the molecule is O=CC1(c2cc(Br)cc(Cl)n2)Cc2ccccc2C1. The molecule has 0 aliphatic heterocycles. The molecule has 0 bridgehead atoms. The minimum atomic E-state index is -0.586. The molecule has 96 valence electrons. The Morgan fingerprint density at radius 1 is 1.21 bits per heavy atom. The summed E-state index contributed by atoms with van der Waals surface area (Å²) in [5, 5.41) is 0.404. The summed E-state index contributed by atoms with van der Waals surface area (Å²) >= 11 is 9.41. The maximum atomic E-state index is 11.7. The molecule has 0 unspecified atom stereocenters. The number of carbonyl (C=O) groups excluding carboxylic acids is 1. The second kappa shape index (κ2) is 4.73. The van der Waals surface area contributed by atoms with E-state index in [1.165, 1.54) is 11.1 Å². The molecule has 1 aromatic heterocycles. The van der Waals surface area contributed by atoms with Gasteiger partial charge in [-0.25, -0.2) is 4.98 Å². The van der Waals surface area contributed by atoms with Crippen molar-refractivity contribution >= 4 is 33.8 Å². The highest BCUT2D eigenvalue weighted by Gasteiger charge is 2.40. The molecule has 4 heteroatoms. The summed E-state index contributed by atoms with van der Waals surface area (Å²) in [5.41, 5.74) is 2.58. The molecule has 0 atom stereocenters. The normalized spacial score (nSPS) is 16.1. The van der Waals surface area contributed by atoms with Crippen molar-refractivity contribution in [1.29, 1.82) is 0 Å². The van der Waals surface area contributed by atoms with E-state index >= 15 is 0 Å². The molecule has 0 amide bonds. The van der Waals surface area contributed by atoms with Crippen LogP contribution in [0, 0.1) is 0 Å². The molecule has 19 heavy (non-hydrogen) atoms. The number of carbonyl (C=O) groups is 1. The largest absolute Gasteiger partial charge is 0.302 e. The lowest BCUT2D eigenvalue weighted by atomic mass is 9.82. The monoisotopic (exact) mass is 335 g/mol. The van der Waals surface area contributed by atoms with Gasteiger partial charge in [-0.15, -0.1) is 0 Å². The van der Waals surface area contributed by atoms with Gasteiger partial charge in [0.2, 0.25) is 0 Å². The van der Waals surface area contributed by atoms with Crippen molar-refractivity contribution in [2.75, 3.05) is 0 Å². The van der Waals surface area contributed by atoms with Crippen molar-refractivity contribution in [1.82, 2.24) is 4.98 Å². The van der Waals surface area contributed by atoms with E-state index in [9.17, 15) is 4.79 Å². The van der Waals surface area contributed by atoms with Crippen molar-refractivity contribution in [3.8, 4) is 0 Å². The lowest BCUT2D eigenvalue weighted by molar-refractivity contribution is -0.112. The van der Waals surface area contributed by atoms with Gasteiger partial charge in [-0.2, -0.15) is 0 Å². The Morgan fingerprint density at radius 2 is 1.84 bits per heavy atom. The molecule has 2 aromatic rings. The third-order valence-corrected chi connectivity index (χ3v) is 4.28. The van der Waals surface area contributed by atoms with E-state index in [0.29, 0.717) is 18.0 Å². The lowest BCUT2D eigenvalue weighted by Crippen LogP contribution is -2.30. The molecule has 3 rings (SSSR count). The van der Waals surface area contributed by atoms with Crippen LogP contribution in [0.1, 0.15) is 16.8 Å². The zero-order chi connectivity index (χ0) is 13.5. The summed E-state index contributed by atoms with van der Waals surface area (Å²) in [4.78, 5) is 16.1. The Hall–Kier alpha value is -1.19. The molecule has 1 aliphatic carbocycles. The van der Waals surface area contributed by atoms with E-state index in [0.717, 1.165) is 16.5 Å². The standard InChI is InChI=1S/C15H11BrClNO/c16-12-5-13(18-14(17)6-12)15(9-19)7-10-3-1-2-4-11(10)8-15/h1-6,9H,7-8H2. The number of hydrogen-bond donors (Lipinski definition) is 0. The zero-order valence-corrected chi connectivity index (χ0v) is 12.4. The topological polar surface area (TPSA) is 30.0 Å². The van der Waals surface area contributed by atoms with Crippen LogP contribution < -0.4 is 0 Å². The molecule has 0 fully saturated rings. The maximum Gasteiger partial charge on any atom is 0.132 e. The van der Waals surface area contributed by atoms with Gasteiger partial charge in [0.25, 0.3) is 0 Å². The van der Waals surface area contributed by atoms with E-state index in [4.69, 9.17) is 11.6 Å². The third-order valence-electron chi connectivity index (χ3n) is 3.62. The maximum absolute atomic E-state index is 11.7. The third kappa shape index (κ3) is 2.21. The lowest BCUT2D eigenvalue weighted by Gasteiger charge is -2.21. The smallest absolute Gasteiger partial charge is 0.132 e. The number of halogens is 2. The molecule has 1 heterocycles. The average molecular weight is 337 g/mol. The molecular weight excluding hydrogens is 326 g/mol. The summed E-state index contributed by atoms with van der Waals surface area (Å²) in [5.74, 6) is 0. The van der Waals surface area contributed by atoms with Crippen molar-refractivity contribution in [2.45, 2.75) is 18.3 Å². The number of aromatic nitrogens is 1. The number of hydrogen-bond acceptors (Lipinski definition) is 2. The molecule has 0 radical (unpaired) electrons.